The minimum atomic E-state index is -0.799. The second-order valence-electron chi connectivity index (χ2n) is 7.05. The smallest absolute Gasteiger partial charge is 0.251 e. The van der Waals surface area contributed by atoms with Crippen molar-refractivity contribution in [2.24, 2.45) is 0 Å². The molecule has 1 aromatic carbocycles. The number of anilines is 2. The highest BCUT2D eigenvalue weighted by molar-refractivity contribution is 5.82. The highest BCUT2D eigenvalue weighted by Crippen LogP contribution is 2.20. The number of hydrogen-bond acceptors (Lipinski definition) is 7. The van der Waals surface area contributed by atoms with E-state index < -0.39 is 6.23 Å². The van der Waals surface area contributed by atoms with E-state index in [9.17, 15) is 9.90 Å². The van der Waals surface area contributed by atoms with Crippen LogP contribution in [0.3, 0.4) is 0 Å². The number of fused-ring (bicyclic) bond motifs is 1. The number of hydrogen-bond donors (Lipinski definition) is 5. The van der Waals surface area contributed by atoms with Gasteiger partial charge < -0.3 is 15.0 Å². The number of rotatable bonds is 7. The second-order valence-corrected chi connectivity index (χ2v) is 7.05. The van der Waals surface area contributed by atoms with Gasteiger partial charge >= 0.3 is 0 Å². The molecule has 10 nitrogen and oxygen atoms in total. The van der Waals surface area contributed by atoms with Crippen LogP contribution in [0.15, 0.2) is 47.5 Å². The van der Waals surface area contributed by atoms with Gasteiger partial charge in [0.2, 0.25) is 5.95 Å². The number of aromatic amines is 2. The first-order valence-electron chi connectivity index (χ1n) is 9.25. The van der Waals surface area contributed by atoms with E-state index in [1.165, 1.54) is 10.6 Å². The summed E-state index contributed by atoms with van der Waals surface area (Å²) in [5, 5.41) is 30.9. The lowest BCUT2D eigenvalue weighted by Gasteiger charge is -2.16. The fraction of sp³-hybridized carbons (Fsp3) is 0.263. The molecule has 1 atom stereocenters. The van der Waals surface area contributed by atoms with E-state index >= 15 is 0 Å². The highest BCUT2D eigenvalue weighted by Gasteiger charge is 2.11. The van der Waals surface area contributed by atoms with Gasteiger partial charge in [0.1, 0.15) is 6.23 Å². The van der Waals surface area contributed by atoms with Crippen LogP contribution in [0.1, 0.15) is 13.8 Å². The molecule has 10 heteroatoms. The highest BCUT2D eigenvalue weighted by atomic mass is 16.3. The van der Waals surface area contributed by atoms with Crippen LogP contribution in [-0.2, 0) is 6.54 Å². The van der Waals surface area contributed by atoms with Gasteiger partial charge in [-0.3, -0.25) is 20.3 Å². The number of nitrogens with zero attached hydrogens (tertiary/aromatic N) is 4. The standard InChI is InChI=1S/C19H22N8O2/c1-11(2)21-16(28)10-27-6-5-12(8-17(27)29)18-23-19(26-25-18)22-14-3-4-15-13(7-14)9-20-24-15/h3-9,11,16,21,28H,10H2,1-2H3,(H,20,24)(H2,22,23,25,26). The molecule has 4 rings (SSSR count). The van der Waals surface area contributed by atoms with Crippen LogP contribution in [0.4, 0.5) is 11.6 Å². The Bertz CT molecular complexity index is 1180. The van der Waals surface area contributed by atoms with Crippen molar-refractivity contribution in [2.45, 2.75) is 32.7 Å². The molecule has 0 saturated carbocycles. The number of aromatic nitrogens is 6. The van der Waals surface area contributed by atoms with Crippen molar-refractivity contribution in [3.8, 4) is 11.4 Å². The lowest BCUT2D eigenvalue weighted by Crippen LogP contribution is -2.39. The summed E-state index contributed by atoms with van der Waals surface area (Å²) in [5.41, 5.74) is 2.15. The molecule has 0 fully saturated rings. The van der Waals surface area contributed by atoms with E-state index in [1.807, 2.05) is 32.0 Å². The van der Waals surface area contributed by atoms with Crippen molar-refractivity contribution >= 4 is 22.5 Å². The Morgan fingerprint density at radius 3 is 2.86 bits per heavy atom. The van der Waals surface area contributed by atoms with Gasteiger partial charge in [-0.05, 0) is 38.1 Å². The first-order chi connectivity index (χ1) is 14.0. The average Bonchev–Trinajstić information content (AvgIpc) is 3.32. The summed E-state index contributed by atoms with van der Waals surface area (Å²) in [7, 11) is 0. The summed E-state index contributed by atoms with van der Waals surface area (Å²) in [4.78, 5) is 16.8. The predicted octanol–water partition coefficient (Wildman–Crippen LogP) is 1.57. The van der Waals surface area contributed by atoms with E-state index in [4.69, 9.17) is 0 Å². The number of aliphatic hydroxyl groups excluding tert-OH is 1. The van der Waals surface area contributed by atoms with E-state index in [-0.39, 0.29) is 18.1 Å². The fourth-order valence-corrected chi connectivity index (χ4v) is 3.03. The zero-order chi connectivity index (χ0) is 20.4. The Hall–Kier alpha value is -3.50. The molecule has 5 N–H and O–H groups in total. The van der Waals surface area contributed by atoms with Gasteiger partial charge in [-0.1, -0.05) is 0 Å². The van der Waals surface area contributed by atoms with Crippen LogP contribution in [0.5, 0.6) is 0 Å². The summed E-state index contributed by atoms with van der Waals surface area (Å²) in [5.74, 6) is 0.866. The SMILES string of the molecule is CC(C)NC(O)Cn1ccc(-c2nc(Nc3ccc4[nH]ncc4c3)n[nH]2)cc1=O. The number of benzene rings is 1. The Morgan fingerprint density at radius 1 is 1.21 bits per heavy atom. The molecule has 3 heterocycles. The summed E-state index contributed by atoms with van der Waals surface area (Å²) in [6, 6.07) is 9.09. The Balaban J connectivity index is 1.48. The zero-order valence-electron chi connectivity index (χ0n) is 16.0. The van der Waals surface area contributed by atoms with Gasteiger partial charge in [0.25, 0.3) is 5.56 Å². The molecule has 3 aromatic heterocycles. The molecule has 0 bridgehead atoms. The Labute approximate surface area is 166 Å². The van der Waals surface area contributed by atoms with E-state index in [2.05, 4.69) is 36.0 Å². The Morgan fingerprint density at radius 2 is 2.07 bits per heavy atom. The van der Waals surface area contributed by atoms with Gasteiger partial charge in [0, 0.05) is 34.9 Å². The van der Waals surface area contributed by atoms with Crippen LogP contribution in [0, 0.1) is 0 Å². The minimum Gasteiger partial charge on any atom is -0.377 e. The van der Waals surface area contributed by atoms with Crippen molar-refractivity contribution in [1.82, 2.24) is 35.3 Å². The van der Waals surface area contributed by atoms with Crippen LogP contribution in [0.25, 0.3) is 22.3 Å². The van der Waals surface area contributed by atoms with Crippen LogP contribution in [0.2, 0.25) is 0 Å². The monoisotopic (exact) mass is 394 g/mol. The maximum absolute atomic E-state index is 12.4. The van der Waals surface area contributed by atoms with Crippen molar-refractivity contribution in [1.29, 1.82) is 0 Å². The topological polar surface area (TPSA) is 137 Å². The third kappa shape index (κ3) is 4.33. The molecular weight excluding hydrogens is 372 g/mol. The lowest BCUT2D eigenvalue weighted by atomic mass is 10.2. The maximum atomic E-state index is 12.4. The molecule has 150 valence electrons. The molecule has 0 aliphatic heterocycles. The normalized spacial score (nSPS) is 12.6. The number of pyridine rings is 1. The van der Waals surface area contributed by atoms with Crippen LogP contribution in [-0.4, -0.2) is 47.3 Å². The van der Waals surface area contributed by atoms with Gasteiger partial charge in [0.05, 0.1) is 18.3 Å². The number of nitrogens with one attached hydrogen (secondary N) is 4. The van der Waals surface area contributed by atoms with Gasteiger partial charge in [-0.15, -0.1) is 5.10 Å². The number of H-pyrrole nitrogens is 2. The van der Waals surface area contributed by atoms with Crippen LogP contribution >= 0.6 is 0 Å². The lowest BCUT2D eigenvalue weighted by molar-refractivity contribution is 0.108. The van der Waals surface area contributed by atoms with E-state index in [0.29, 0.717) is 17.3 Å². The first-order valence-corrected chi connectivity index (χ1v) is 9.25. The van der Waals surface area contributed by atoms with Crippen molar-refractivity contribution in [2.75, 3.05) is 5.32 Å². The average molecular weight is 394 g/mol. The molecule has 29 heavy (non-hydrogen) atoms. The fourth-order valence-electron chi connectivity index (χ4n) is 3.03. The third-order valence-corrected chi connectivity index (χ3v) is 4.35. The third-order valence-electron chi connectivity index (χ3n) is 4.35. The summed E-state index contributed by atoms with van der Waals surface area (Å²) < 4.78 is 1.44. The Kier molecular flexibility index (Phi) is 5.10. The summed E-state index contributed by atoms with van der Waals surface area (Å²) in [6.07, 6.45) is 2.57. The molecule has 0 spiro atoms. The minimum absolute atomic E-state index is 0.120. The summed E-state index contributed by atoms with van der Waals surface area (Å²) in [6.45, 7) is 4.02. The van der Waals surface area contributed by atoms with Crippen molar-refractivity contribution < 1.29 is 5.11 Å². The maximum Gasteiger partial charge on any atom is 0.251 e. The zero-order valence-corrected chi connectivity index (χ0v) is 16.0. The summed E-state index contributed by atoms with van der Waals surface area (Å²) >= 11 is 0. The molecule has 0 radical (unpaired) electrons. The molecule has 0 amide bonds. The first kappa shape index (κ1) is 18.8. The molecule has 0 saturated heterocycles. The van der Waals surface area contributed by atoms with E-state index in [1.54, 1.807) is 18.5 Å². The van der Waals surface area contributed by atoms with Crippen LogP contribution < -0.4 is 16.2 Å². The molecule has 1 unspecified atom stereocenters. The van der Waals surface area contributed by atoms with Gasteiger partial charge in [-0.25, -0.2) is 0 Å². The molecule has 0 aliphatic rings. The van der Waals surface area contributed by atoms with Gasteiger partial charge in [0.15, 0.2) is 5.82 Å². The largest absolute Gasteiger partial charge is 0.377 e. The molecule has 0 aliphatic carbocycles. The quantitative estimate of drug-likeness (QED) is 0.300. The number of aliphatic hydroxyl groups is 1. The molecule has 4 aromatic rings. The van der Waals surface area contributed by atoms with Gasteiger partial charge in [-0.2, -0.15) is 10.1 Å². The predicted molar refractivity (Wildman–Crippen MR) is 110 cm³/mol. The van der Waals surface area contributed by atoms with Crippen molar-refractivity contribution in [3.05, 3.63) is 53.1 Å². The second kappa shape index (κ2) is 7.86. The van der Waals surface area contributed by atoms with E-state index in [0.717, 1.165) is 16.6 Å². The molecular formula is C19H22N8O2. The van der Waals surface area contributed by atoms with Crippen molar-refractivity contribution in [3.63, 3.8) is 0 Å².